The van der Waals surface area contributed by atoms with Crippen LogP contribution >= 0.6 is 0 Å². The van der Waals surface area contributed by atoms with Crippen molar-refractivity contribution in [1.82, 2.24) is 24.9 Å². The first-order chi connectivity index (χ1) is 13.7. The van der Waals surface area contributed by atoms with E-state index in [0.29, 0.717) is 12.5 Å². The fourth-order valence-electron chi connectivity index (χ4n) is 4.24. The summed E-state index contributed by atoms with van der Waals surface area (Å²) in [6, 6.07) is 10.6. The van der Waals surface area contributed by atoms with Crippen molar-refractivity contribution in [2.24, 2.45) is 0 Å². The summed E-state index contributed by atoms with van der Waals surface area (Å²) in [5, 5.41) is 21.3. The molecule has 0 amide bonds. The topological polar surface area (TPSA) is 70.0 Å². The Morgan fingerprint density at radius 1 is 1.21 bits per heavy atom. The molecule has 1 atom stereocenters. The quantitative estimate of drug-likeness (QED) is 0.662. The van der Waals surface area contributed by atoms with Gasteiger partial charge in [0.25, 0.3) is 0 Å². The second-order valence-electron chi connectivity index (χ2n) is 7.77. The summed E-state index contributed by atoms with van der Waals surface area (Å²) in [5.74, 6) is 0.489. The van der Waals surface area contributed by atoms with Crippen molar-refractivity contribution in [2.75, 3.05) is 19.7 Å². The SMILES string of the molecule is Cc1nn(CCO)cc1CN1CCC[C@H](c2[nH]ncc2Cc2ccccc2)C1. The van der Waals surface area contributed by atoms with Crippen molar-refractivity contribution in [1.29, 1.82) is 0 Å². The number of nitrogens with one attached hydrogen (secondary N) is 1. The monoisotopic (exact) mass is 379 g/mol. The number of rotatable bonds is 7. The van der Waals surface area contributed by atoms with E-state index in [2.05, 4.69) is 63.6 Å². The molecule has 0 aliphatic carbocycles. The van der Waals surface area contributed by atoms with Gasteiger partial charge in [-0.25, -0.2) is 0 Å². The van der Waals surface area contributed by atoms with Gasteiger partial charge >= 0.3 is 0 Å². The summed E-state index contributed by atoms with van der Waals surface area (Å²) >= 11 is 0. The molecule has 2 aromatic heterocycles. The molecule has 1 aliphatic rings. The van der Waals surface area contributed by atoms with E-state index in [9.17, 15) is 0 Å². The van der Waals surface area contributed by atoms with Gasteiger partial charge in [0, 0.05) is 42.9 Å². The number of aliphatic hydroxyl groups excluding tert-OH is 1. The molecule has 6 heteroatoms. The van der Waals surface area contributed by atoms with Gasteiger partial charge < -0.3 is 5.11 Å². The second-order valence-corrected chi connectivity index (χ2v) is 7.77. The zero-order valence-electron chi connectivity index (χ0n) is 16.5. The summed E-state index contributed by atoms with van der Waals surface area (Å²) in [5.41, 5.74) is 6.24. The molecule has 6 nitrogen and oxygen atoms in total. The molecule has 4 rings (SSSR count). The molecular formula is C22H29N5O. The van der Waals surface area contributed by atoms with Gasteiger partial charge in [0.1, 0.15) is 0 Å². The van der Waals surface area contributed by atoms with Gasteiger partial charge in [0.15, 0.2) is 0 Å². The highest BCUT2D eigenvalue weighted by atomic mass is 16.3. The first-order valence-electron chi connectivity index (χ1n) is 10.1. The minimum absolute atomic E-state index is 0.121. The van der Waals surface area contributed by atoms with Crippen LogP contribution in [0.25, 0.3) is 0 Å². The van der Waals surface area contributed by atoms with Gasteiger partial charge in [-0.2, -0.15) is 10.2 Å². The zero-order valence-corrected chi connectivity index (χ0v) is 16.5. The molecule has 0 radical (unpaired) electrons. The van der Waals surface area contributed by atoms with E-state index in [1.54, 1.807) is 0 Å². The van der Waals surface area contributed by atoms with Gasteiger partial charge in [0.2, 0.25) is 0 Å². The first-order valence-corrected chi connectivity index (χ1v) is 10.1. The van der Waals surface area contributed by atoms with Gasteiger partial charge in [-0.3, -0.25) is 14.7 Å². The summed E-state index contributed by atoms with van der Waals surface area (Å²) in [7, 11) is 0. The lowest BCUT2D eigenvalue weighted by atomic mass is 9.90. The average Bonchev–Trinajstić information content (AvgIpc) is 3.30. The molecule has 0 unspecified atom stereocenters. The van der Waals surface area contributed by atoms with Crippen molar-refractivity contribution in [2.45, 2.75) is 45.2 Å². The van der Waals surface area contributed by atoms with Crippen LogP contribution in [0.1, 0.15) is 46.8 Å². The van der Waals surface area contributed by atoms with Crippen LogP contribution in [-0.4, -0.2) is 49.7 Å². The van der Waals surface area contributed by atoms with Crippen LogP contribution in [0.3, 0.4) is 0 Å². The molecule has 3 heterocycles. The lowest BCUT2D eigenvalue weighted by Crippen LogP contribution is -2.34. The standard InChI is InChI=1S/C22H29N5O/c1-17-21(16-27(25-17)10-11-28)15-26-9-5-8-19(14-26)22-20(13-23-24-22)12-18-6-3-2-4-7-18/h2-4,6-7,13,16,19,28H,5,8-12,14-15H2,1H3,(H,23,24)/t19-/m0/s1. The molecule has 2 N–H and O–H groups in total. The highest BCUT2D eigenvalue weighted by Crippen LogP contribution is 2.29. The zero-order chi connectivity index (χ0) is 19.3. The van der Waals surface area contributed by atoms with E-state index in [0.717, 1.165) is 31.7 Å². The molecule has 0 spiro atoms. The maximum Gasteiger partial charge on any atom is 0.0641 e. The number of H-pyrrole nitrogens is 1. The molecule has 1 saturated heterocycles. The summed E-state index contributed by atoms with van der Waals surface area (Å²) in [4.78, 5) is 2.52. The Morgan fingerprint density at radius 3 is 2.89 bits per heavy atom. The van der Waals surface area contributed by atoms with Crippen molar-refractivity contribution >= 4 is 0 Å². The van der Waals surface area contributed by atoms with E-state index in [1.165, 1.54) is 35.2 Å². The maximum absolute atomic E-state index is 9.13. The predicted molar refractivity (Wildman–Crippen MR) is 109 cm³/mol. The fraction of sp³-hybridized carbons (Fsp3) is 0.455. The van der Waals surface area contributed by atoms with Crippen LogP contribution in [0.2, 0.25) is 0 Å². The van der Waals surface area contributed by atoms with E-state index in [4.69, 9.17) is 5.11 Å². The number of benzene rings is 1. The van der Waals surface area contributed by atoms with Gasteiger partial charge in [0.05, 0.1) is 25.0 Å². The van der Waals surface area contributed by atoms with Crippen molar-refractivity contribution in [3.05, 3.63) is 70.8 Å². The molecule has 1 aromatic carbocycles. The normalized spacial score (nSPS) is 17.9. The van der Waals surface area contributed by atoms with Crippen LogP contribution in [0, 0.1) is 6.92 Å². The smallest absolute Gasteiger partial charge is 0.0641 e. The molecule has 1 fully saturated rings. The highest BCUT2D eigenvalue weighted by molar-refractivity contribution is 5.29. The van der Waals surface area contributed by atoms with Crippen LogP contribution in [-0.2, 0) is 19.5 Å². The Balaban J connectivity index is 1.44. The van der Waals surface area contributed by atoms with Crippen LogP contribution < -0.4 is 0 Å². The number of aromatic amines is 1. The minimum Gasteiger partial charge on any atom is -0.394 e. The Bertz CT molecular complexity index is 885. The second kappa shape index (κ2) is 8.71. The van der Waals surface area contributed by atoms with E-state index >= 15 is 0 Å². The van der Waals surface area contributed by atoms with E-state index in [-0.39, 0.29) is 6.61 Å². The third-order valence-corrected chi connectivity index (χ3v) is 5.67. The van der Waals surface area contributed by atoms with E-state index in [1.807, 2.05) is 10.9 Å². The largest absolute Gasteiger partial charge is 0.394 e. The number of aryl methyl sites for hydroxylation is 1. The Morgan fingerprint density at radius 2 is 2.07 bits per heavy atom. The predicted octanol–water partition coefficient (Wildman–Crippen LogP) is 2.88. The van der Waals surface area contributed by atoms with Crippen LogP contribution in [0.15, 0.2) is 42.7 Å². The van der Waals surface area contributed by atoms with Crippen LogP contribution in [0.4, 0.5) is 0 Å². The minimum atomic E-state index is 0.121. The molecule has 1 aliphatic heterocycles. The van der Waals surface area contributed by atoms with Crippen molar-refractivity contribution in [3.8, 4) is 0 Å². The third kappa shape index (κ3) is 4.34. The lowest BCUT2D eigenvalue weighted by molar-refractivity contribution is 0.197. The van der Waals surface area contributed by atoms with Crippen LogP contribution in [0.5, 0.6) is 0 Å². The first kappa shape index (κ1) is 18.9. The number of piperidine rings is 1. The number of aromatic nitrogens is 4. The molecule has 0 bridgehead atoms. The van der Waals surface area contributed by atoms with Crippen molar-refractivity contribution < 1.29 is 5.11 Å². The summed E-state index contributed by atoms with van der Waals surface area (Å²) in [6.07, 6.45) is 7.38. The molecule has 28 heavy (non-hydrogen) atoms. The van der Waals surface area contributed by atoms with Gasteiger partial charge in [-0.15, -0.1) is 0 Å². The molecule has 3 aromatic rings. The highest BCUT2D eigenvalue weighted by Gasteiger charge is 2.25. The maximum atomic E-state index is 9.13. The Hall–Kier alpha value is -2.44. The average molecular weight is 380 g/mol. The molecular weight excluding hydrogens is 350 g/mol. The third-order valence-electron chi connectivity index (χ3n) is 5.67. The number of aliphatic hydroxyl groups is 1. The fourth-order valence-corrected chi connectivity index (χ4v) is 4.24. The summed E-state index contributed by atoms with van der Waals surface area (Å²) in [6.45, 7) is 5.79. The van der Waals surface area contributed by atoms with Crippen molar-refractivity contribution in [3.63, 3.8) is 0 Å². The lowest BCUT2D eigenvalue weighted by Gasteiger charge is -2.32. The Kier molecular flexibility index (Phi) is 5.88. The molecule has 148 valence electrons. The summed E-state index contributed by atoms with van der Waals surface area (Å²) < 4.78 is 1.85. The van der Waals surface area contributed by atoms with Gasteiger partial charge in [-0.1, -0.05) is 30.3 Å². The number of likely N-dealkylation sites (tertiary alicyclic amines) is 1. The molecule has 0 saturated carbocycles. The number of hydrogen-bond donors (Lipinski definition) is 2. The Labute approximate surface area is 166 Å². The van der Waals surface area contributed by atoms with E-state index < -0.39 is 0 Å². The number of hydrogen-bond acceptors (Lipinski definition) is 4. The number of nitrogens with zero attached hydrogens (tertiary/aromatic N) is 4. The van der Waals surface area contributed by atoms with Gasteiger partial charge in [-0.05, 0) is 37.4 Å².